The Morgan fingerprint density at radius 1 is 0.846 bits per heavy atom. The number of aromatic hydroxyl groups is 2. The molecule has 14 nitrogen and oxygen atoms in total. The maximum atomic E-state index is 11.9. The van der Waals surface area contributed by atoms with E-state index in [2.05, 4.69) is 15.5 Å². The number of rotatable bonds is 7. The molecule has 0 aliphatic heterocycles. The van der Waals surface area contributed by atoms with Crippen LogP contribution in [0.3, 0.4) is 0 Å². The molecule has 39 heavy (non-hydrogen) atoms. The van der Waals surface area contributed by atoms with Crippen LogP contribution in [0.25, 0.3) is 10.8 Å². The third-order valence-corrected chi connectivity index (χ3v) is 6.84. The van der Waals surface area contributed by atoms with Gasteiger partial charge in [0.2, 0.25) is 0 Å². The molecule has 0 atom stereocenters. The SMILES string of the molecule is O=[N+]([O-])c1ccc(N=Nc2c(S(=O)(=O)[O-])cc3ccc(Nc4cccc(S(=O)(=O)[O-])c4)cc3c2O)c(O)c1.[Cu].[H+].[H+]. The van der Waals surface area contributed by atoms with E-state index in [9.17, 15) is 46.3 Å². The second-order valence-electron chi connectivity index (χ2n) is 7.70. The van der Waals surface area contributed by atoms with Crippen molar-refractivity contribution in [2.45, 2.75) is 9.79 Å². The normalized spacial score (nSPS) is 11.8. The second kappa shape index (κ2) is 10.9. The Morgan fingerprint density at radius 3 is 2.15 bits per heavy atom. The van der Waals surface area contributed by atoms with Crippen molar-refractivity contribution in [2.24, 2.45) is 10.2 Å². The van der Waals surface area contributed by atoms with Crippen molar-refractivity contribution in [3.05, 3.63) is 76.8 Å². The molecule has 4 aromatic rings. The van der Waals surface area contributed by atoms with Gasteiger partial charge < -0.3 is 24.6 Å². The standard InChI is InChI=1S/C22H16N4O10S2.Cu/c27-19-11-15(26(29)30)6-7-18(19)24-25-21-20(38(34,35)36)8-12-4-5-14(10-17(12)22(21)28)23-13-2-1-3-16(9-13)37(31,32)33;/h1-11,23,27-28H,(H,31,32,33)(H,34,35,36);. The smallest absolute Gasteiger partial charge is 0.744 e. The zero-order valence-corrected chi connectivity index (χ0v) is 21.5. The van der Waals surface area contributed by atoms with Crippen LogP contribution in [0.5, 0.6) is 11.5 Å². The maximum Gasteiger partial charge on any atom is 1.00 e. The predicted octanol–water partition coefficient (Wildman–Crippen LogP) is 4.35. The predicted molar refractivity (Wildman–Crippen MR) is 132 cm³/mol. The number of nitrogens with zero attached hydrogens (tertiary/aromatic N) is 3. The summed E-state index contributed by atoms with van der Waals surface area (Å²) in [5.74, 6) is -1.43. The fraction of sp³-hybridized carbons (Fsp3) is 0. The summed E-state index contributed by atoms with van der Waals surface area (Å²) in [5.41, 5.74) is -1.01. The minimum Gasteiger partial charge on any atom is -0.744 e. The van der Waals surface area contributed by atoms with E-state index in [-0.39, 0.29) is 47.8 Å². The Hall–Kier alpha value is -4.12. The molecule has 0 amide bonds. The summed E-state index contributed by atoms with van der Waals surface area (Å²) in [6, 6.07) is 12.9. The van der Waals surface area contributed by atoms with Gasteiger partial charge in [0.15, 0.2) is 5.75 Å². The van der Waals surface area contributed by atoms with Gasteiger partial charge in [0.05, 0.1) is 20.8 Å². The number of nitro benzene ring substituents is 1. The fourth-order valence-electron chi connectivity index (χ4n) is 3.42. The van der Waals surface area contributed by atoms with E-state index in [1.165, 1.54) is 30.3 Å². The molecular formula is C22H16CuN4O10S2. The monoisotopic (exact) mass is 623 g/mol. The maximum absolute atomic E-state index is 11.9. The van der Waals surface area contributed by atoms with Gasteiger partial charge >= 0.3 is 2.85 Å². The molecule has 17 heteroatoms. The Labute approximate surface area is 233 Å². The molecule has 0 aliphatic rings. The molecule has 4 aromatic carbocycles. The Morgan fingerprint density at radius 2 is 1.54 bits per heavy atom. The third-order valence-electron chi connectivity index (χ3n) is 5.16. The molecule has 0 saturated carbocycles. The van der Waals surface area contributed by atoms with Crippen LogP contribution in [-0.4, -0.2) is 41.1 Å². The molecule has 3 N–H and O–H groups in total. The van der Waals surface area contributed by atoms with Gasteiger partial charge in [-0.05, 0) is 47.9 Å². The van der Waals surface area contributed by atoms with Gasteiger partial charge in [-0.1, -0.05) is 12.1 Å². The van der Waals surface area contributed by atoms with E-state index in [1.807, 2.05) is 0 Å². The van der Waals surface area contributed by atoms with Crippen molar-refractivity contribution in [2.75, 3.05) is 5.32 Å². The molecule has 0 fully saturated rings. The van der Waals surface area contributed by atoms with Crippen LogP contribution in [-0.2, 0) is 37.3 Å². The van der Waals surface area contributed by atoms with E-state index < -0.39 is 57.8 Å². The second-order valence-corrected chi connectivity index (χ2v) is 10.4. The molecule has 0 heterocycles. The quantitative estimate of drug-likeness (QED) is 0.0859. The van der Waals surface area contributed by atoms with Gasteiger partial charge in [-0.15, -0.1) is 10.2 Å². The fourth-order valence-corrected chi connectivity index (χ4v) is 4.58. The van der Waals surface area contributed by atoms with Crippen LogP contribution >= 0.6 is 0 Å². The number of phenolic OH excluding ortho intramolecular Hbond substituents is 2. The van der Waals surface area contributed by atoms with Gasteiger partial charge in [0, 0.05) is 39.9 Å². The van der Waals surface area contributed by atoms with E-state index in [0.29, 0.717) is 0 Å². The molecule has 0 unspecified atom stereocenters. The van der Waals surface area contributed by atoms with Gasteiger partial charge in [-0.3, -0.25) is 10.1 Å². The van der Waals surface area contributed by atoms with Crippen LogP contribution in [0.1, 0.15) is 2.85 Å². The van der Waals surface area contributed by atoms with Gasteiger partial charge in [0.25, 0.3) is 5.69 Å². The zero-order chi connectivity index (χ0) is 27.8. The number of phenols is 2. The molecular weight excluding hydrogens is 608 g/mol. The molecule has 0 aliphatic carbocycles. The molecule has 0 saturated heterocycles. The summed E-state index contributed by atoms with van der Waals surface area (Å²) < 4.78 is 69.5. The number of non-ortho nitro benzene ring substituents is 1. The molecule has 1 radical (unpaired) electrons. The number of nitrogens with one attached hydrogen (secondary N) is 1. The van der Waals surface area contributed by atoms with Crippen LogP contribution in [0.4, 0.5) is 28.4 Å². The third kappa shape index (κ3) is 6.48. The number of hydrogen-bond acceptors (Lipinski definition) is 13. The van der Waals surface area contributed by atoms with Crippen LogP contribution in [0.15, 0.2) is 86.7 Å². The zero-order valence-electron chi connectivity index (χ0n) is 21.0. The van der Waals surface area contributed by atoms with Crippen molar-refractivity contribution < 1.29 is 61.0 Å². The minimum absolute atomic E-state index is 0. The average Bonchev–Trinajstić information content (AvgIpc) is 2.83. The van der Waals surface area contributed by atoms with Gasteiger partial charge in [-0.25, -0.2) is 16.8 Å². The number of fused-ring (bicyclic) bond motifs is 1. The number of anilines is 2. The Bertz CT molecular complexity index is 1870. The molecule has 207 valence electrons. The largest absolute Gasteiger partial charge is 1.00 e. The van der Waals surface area contributed by atoms with E-state index in [4.69, 9.17) is 0 Å². The number of hydrogen-bond donors (Lipinski definition) is 3. The molecule has 0 aromatic heterocycles. The van der Waals surface area contributed by atoms with Crippen molar-refractivity contribution in [1.82, 2.24) is 0 Å². The summed E-state index contributed by atoms with van der Waals surface area (Å²) >= 11 is 0. The first-order chi connectivity index (χ1) is 17.7. The molecule has 0 bridgehead atoms. The topological polar surface area (TPSA) is 235 Å². The number of nitro groups is 1. The van der Waals surface area contributed by atoms with Crippen LogP contribution in [0.2, 0.25) is 0 Å². The summed E-state index contributed by atoms with van der Waals surface area (Å²) in [6.07, 6.45) is 0. The van der Waals surface area contributed by atoms with Crippen molar-refractivity contribution in [1.29, 1.82) is 0 Å². The first kappa shape index (κ1) is 29.4. The average molecular weight is 624 g/mol. The van der Waals surface area contributed by atoms with E-state index >= 15 is 0 Å². The first-order valence-electron chi connectivity index (χ1n) is 10.2. The van der Waals surface area contributed by atoms with Gasteiger partial charge in [-0.2, -0.15) is 0 Å². The van der Waals surface area contributed by atoms with Gasteiger partial charge in [0.1, 0.15) is 37.4 Å². The Kier molecular flexibility index (Phi) is 8.25. The van der Waals surface area contributed by atoms with Crippen LogP contribution in [0, 0.1) is 10.1 Å². The molecule has 0 spiro atoms. The van der Waals surface area contributed by atoms with Crippen molar-refractivity contribution in [3.63, 3.8) is 0 Å². The number of azo groups is 1. The summed E-state index contributed by atoms with van der Waals surface area (Å²) in [7, 11) is -9.89. The Balaban J connectivity index is 0.00000280. The summed E-state index contributed by atoms with van der Waals surface area (Å²) in [6.45, 7) is 0. The summed E-state index contributed by atoms with van der Waals surface area (Å²) in [5, 5.41) is 41.9. The molecule has 4 rings (SSSR count). The van der Waals surface area contributed by atoms with Crippen molar-refractivity contribution in [3.8, 4) is 11.5 Å². The van der Waals surface area contributed by atoms with Crippen LogP contribution < -0.4 is 5.32 Å². The summed E-state index contributed by atoms with van der Waals surface area (Å²) in [4.78, 5) is 8.67. The number of benzene rings is 4. The van der Waals surface area contributed by atoms with E-state index in [0.717, 1.165) is 36.4 Å². The van der Waals surface area contributed by atoms with Crippen molar-refractivity contribution >= 4 is 59.4 Å². The minimum atomic E-state index is -5.17. The first-order valence-corrected chi connectivity index (χ1v) is 13.0. The van der Waals surface area contributed by atoms with E-state index in [1.54, 1.807) is 0 Å².